The largest absolute Gasteiger partial charge is 0.484 e. The maximum atomic E-state index is 13.3. The van der Waals surface area contributed by atoms with Crippen molar-refractivity contribution >= 4 is 27.7 Å². The number of nitrogens with zero attached hydrogens (tertiary/aromatic N) is 1. The summed E-state index contributed by atoms with van der Waals surface area (Å²) in [4.78, 5) is 27.9. The van der Waals surface area contributed by atoms with Gasteiger partial charge in [0, 0.05) is 17.1 Å². The van der Waals surface area contributed by atoms with Gasteiger partial charge in [0.1, 0.15) is 11.8 Å². The minimum atomic E-state index is -0.559. The molecule has 0 bridgehead atoms. The molecule has 2 unspecified atom stereocenters. The molecule has 0 radical (unpaired) electrons. The first kappa shape index (κ1) is 24.9. The van der Waals surface area contributed by atoms with Crippen molar-refractivity contribution < 1.29 is 14.3 Å². The van der Waals surface area contributed by atoms with E-state index in [4.69, 9.17) is 4.74 Å². The van der Waals surface area contributed by atoms with E-state index in [2.05, 4.69) is 21.2 Å². The van der Waals surface area contributed by atoms with Gasteiger partial charge in [-0.05, 0) is 68.5 Å². The number of aryl methyl sites for hydroxylation is 2. The molecule has 0 saturated carbocycles. The highest BCUT2D eigenvalue weighted by molar-refractivity contribution is 9.10. The summed E-state index contributed by atoms with van der Waals surface area (Å²) in [5.74, 6) is 0.287. The smallest absolute Gasteiger partial charge is 0.261 e. The predicted octanol–water partition coefficient (Wildman–Crippen LogP) is 5.17. The molecule has 2 atom stereocenters. The van der Waals surface area contributed by atoms with Crippen molar-refractivity contribution in [2.45, 2.75) is 66.1 Å². The van der Waals surface area contributed by atoms with Gasteiger partial charge in [0.15, 0.2) is 6.61 Å². The van der Waals surface area contributed by atoms with E-state index >= 15 is 0 Å². The fraction of sp³-hybridized carbons (Fsp3) is 0.440. The standard InChI is InChI=1S/C25H33BrN2O3/c1-6-19(5)27-25(30)23(7-2)28(15-20-11-9-8-10-17(20)3)24(29)16-31-21-12-13-22(26)18(4)14-21/h8-14,19,23H,6-7,15-16H2,1-5H3,(H,27,30). The highest BCUT2D eigenvalue weighted by atomic mass is 79.9. The van der Waals surface area contributed by atoms with Gasteiger partial charge in [-0.1, -0.05) is 54.0 Å². The molecule has 2 aromatic carbocycles. The van der Waals surface area contributed by atoms with E-state index in [-0.39, 0.29) is 24.5 Å². The van der Waals surface area contributed by atoms with E-state index in [1.807, 2.05) is 77.1 Å². The molecule has 0 heterocycles. The average Bonchev–Trinajstić information content (AvgIpc) is 2.75. The molecule has 0 fully saturated rings. The number of hydrogen-bond acceptors (Lipinski definition) is 3. The monoisotopic (exact) mass is 488 g/mol. The molecular formula is C25H33BrN2O3. The first-order valence-electron chi connectivity index (χ1n) is 10.8. The number of halogens is 1. The summed E-state index contributed by atoms with van der Waals surface area (Å²) in [6.45, 7) is 10.1. The van der Waals surface area contributed by atoms with E-state index in [0.717, 1.165) is 27.6 Å². The van der Waals surface area contributed by atoms with Crippen molar-refractivity contribution in [2.75, 3.05) is 6.61 Å². The molecule has 0 saturated heterocycles. The van der Waals surface area contributed by atoms with Crippen LogP contribution < -0.4 is 10.1 Å². The van der Waals surface area contributed by atoms with E-state index in [1.165, 1.54) is 0 Å². The Balaban J connectivity index is 2.24. The zero-order chi connectivity index (χ0) is 23.0. The molecular weight excluding hydrogens is 456 g/mol. The summed E-state index contributed by atoms with van der Waals surface area (Å²) < 4.78 is 6.77. The van der Waals surface area contributed by atoms with Gasteiger partial charge >= 0.3 is 0 Å². The summed E-state index contributed by atoms with van der Waals surface area (Å²) in [6.07, 6.45) is 1.36. The number of rotatable bonds is 10. The molecule has 2 aromatic rings. The third-order valence-electron chi connectivity index (χ3n) is 5.48. The van der Waals surface area contributed by atoms with Crippen molar-refractivity contribution in [2.24, 2.45) is 0 Å². The van der Waals surface area contributed by atoms with Crippen LogP contribution in [0.5, 0.6) is 5.75 Å². The summed E-state index contributed by atoms with van der Waals surface area (Å²) in [7, 11) is 0. The second-order valence-electron chi connectivity index (χ2n) is 7.89. The molecule has 168 valence electrons. The SMILES string of the molecule is CCC(C)NC(=O)C(CC)N(Cc1ccccc1C)C(=O)COc1ccc(Br)c(C)c1. The lowest BCUT2D eigenvalue weighted by atomic mass is 10.1. The second-order valence-corrected chi connectivity index (χ2v) is 8.74. The highest BCUT2D eigenvalue weighted by Crippen LogP contribution is 2.22. The van der Waals surface area contributed by atoms with Crippen molar-refractivity contribution in [3.8, 4) is 5.75 Å². The molecule has 5 nitrogen and oxygen atoms in total. The lowest BCUT2D eigenvalue weighted by Gasteiger charge is -2.31. The zero-order valence-corrected chi connectivity index (χ0v) is 20.7. The summed E-state index contributed by atoms with van der Waals surface area (Å²) in [5, 5.41) is 3.02. The van der Waals surface area contributed by atoms with Crippen LogP contribution in [0.1, 0.15) is 50.3 Å². The van der Waals surface area contributed by atoms with Gasteiger partial charge in [0.25, 0.3) is 5.91 Å². The molecule has 0 aromatic heterocycles. The predicted molar refractivity (Wildman–Crippen MR) is 128 cm³/mol. The van der Waals surface area contributed by atoms with Gasteiger partial charge in [0.05, 0.1) is 0 Å². The molecule has 1 N–H and O–H groups in total. The summed E-state index contributed by atoms with van der Waals surface area (Å²) >= 11 is 3.47. The Kier molecular flexibility index (Phi) is 9.56. The topological polar surface area (TPSA) is 58.6 Å². The van der Waals surface area contributed by atoms with Crippen LogP contribution in [0.15, 0.2) is 46.9 Å². The van der Waals surface area contributed by atoms with Crippen molar-refractivity contribution in [1.82, 2.24) is 10.2 Å². The highest BCUT2D eigenvalue weighted by Gasteiger charge is 2.29. The number of amides is 2. The fourth-order valence-electron chi connectivity index (χ4n) is 3.27. The summed E-state index contributed by atoms with van der Waals surface area (Å²) in [5.41, 5.74) is 3.13. The lowest BCUT2D eigenvalue weighted by molar-refractivity contribution is -0.143. The number of nitrogens with one attached hydrogen (secondary N) is 1. The Morgan fingerprint density at radius 1 is 1.06 bits per heavy atom. The van der Waals surface area contributed by atoms with Crippen molar-refractivity contribution in [3.05, 3.63) is 63.6 Å². The van der Waals surface area contributed by atoms with E-state index < -0.39 is 6.04 Å². The quantitative estimate of drug-likeness (QED) is 0.501. The number of ether oxygens (including phenoxy) is 1. The molecule has 6 heteroatoms. The maximum absolute atomic E-state index is 13.3. The summed E-state index contributed by atoms with van der Waals surface area (Å²) in [6, 6.07) is 13.0. The van der Waals surface area contributed by atoms with Gasteiger partial charge in [-0.15, -0.1) is 0 Å². The lowest BCUT2D eigenvalue weighted by Crippen LogP contribution is -2.51. The third kappa shape index (κ3) is 7.10. The van der Waals surface area contributed by atoms with Crippen LogP contribution in [0.4, 0.5) is 0 Å². The van der Waals surface area contributed by atoms with Gasteiger partial charge in [-0.2, -0.15) is 0 Å². The van der Waals surface area contributed by atoms with Crippen LogP contribution in [-0.4, -0.2) is 35.4 Å². The molecule has 0 aliphatic heterocycles. The Labute approximate surface area is 194 Å². The van der Waals surface area contributed by atoms with Crippen molar-refractivity contribution in [3.63, 3.8) is 0 Å². The Hall–Kier alpha value is -2.34. The van der Waals surface area contributed by atoms with Gasteiger partial charge in [-0.25, -0.2) is 0 Å². The molecule has 2 rings (SSSR count). The Morgan fingerprint density at radius 3 is 2.39 bits per heavy atom. The van der Waals surface area contributed by atoms with E-state index in [0.29, 0.717) is 18.7 Å². The number of carbonyl (C=O) groups excluding carboxylic acids is 2. The maximum Gasteiger partial charge on any atom is 0.261 e. The van der Waals surface area contributed by atoms with Crippen LogP contribution in [0.25, 0.3) is 0 Å². The fourth-order valence-corrected chi connectivity index (χ4v) is 3.51. The van der Waals surface area contributed by atoms with Crippen LogP contribution in [0.2, 0.25) is 0 Å². The normalized spacial score (nSPS) is 12.7. The minimum absolute atomic E-state index is 0.0546. The number of benzene rings is 2. The molecule has 0 aliphatic rings. The molecule has 31 heavy (non-hydrogen) atoms. The molecule has 0 aliphatic carbocycles. The Morgan fingerprint density at radius 2 is 1.77 bits per heavy atom. The second kappa shape index (κ2) is 11.9. The third-order valence-corrected chi connectivity index (χ3v) is 6.37. The van der Waals surface area contributed by atoms with E-state index in [9.17, 15) is 9.59 Å². The molecule has 2 amide bonds. The Bertz CT molecular complexity index is 900. The minimum Gasteiger partial charge on any atom is -0.484 e. The number of hydrogen-bond donors (Lipinski definition) is 1. The first-order chi connectivity index (χ1) is 14.8. The zero-order valence-electron chi connectivity index (χ0n) is 19.1. The van der Waals surface area contributed by atoms with Crippen LogP contribution >= 0.6 is 15.9 Å². The van der Waals surface area contributed by atoms with Gasteiger partial charge in [-0.3, -0.25) is 9.59 Å². The van der Waals surface area contributed by atoms with Crippen LogP contribution in [0, 0.1) is 13.8 Å². The van der Waals surface area contributed by atoms with Crippen molar-refractivity contribution in [1.29, 1.82) is 0 Å². The van der Waals surface area contributed by atoms with Gasteiger partial charge < -0.3 is 15.0 Å². The van der Waals surface area contributed by atoms with Crippen LogP contribution in [0.3, 0.4) is 0 Å². The average molecular weight is 489 g/mol. The first-order valence-corrected chi connectivity index (χ1v) is 11.6. The van der Waals surface area contributed by atoms with Gasteiger partial charge in [0.2, 0.25) is 5.91 Å². The van der Waals surface area contributed by atoms with Crippen LogP contribution in [-0.2, 0) is 16.1 Å². The number of carbonyl (C=O) groups is 2. The molecule has 0 spiro atoms. The van der Waals surface area contributed by atoms with E-state index in [1.54, 1.807) is 4.90 Å².